The lowest BCUT2D eigenvalue weighted by Gasteiger charge is -2.12. The number of ether oxygens (including phenoxy) is 3. The van der Waals surface area contributed by atoms with Gasteiger partial charge in [-0.3, -0.25) is 9.59 Å². The van der Waals surface area contributed by atoms with Crippen molar-refractivity contribution in [1.29, 1.82) is 0 Å². The van der Waals surface area contributed by atoms with Gasteiger partial charge in [0.2, 0.25) is 0 Å². The van der Waals surface area contributed by atoms with Gasteiger partial charge in [-0.2, -0.15) is 0 Å². The first-order chi connectivity index (χ1) is 10.5. The van der Waals surface area contributed by atoms with Crippen molar-refractivity contribution in [3.63, 3.8) is 0 Å². The molecule has 0 spiro atoms. The fraction of sp³-hybridized carbons (Fsp3) is 0.176. The lowest BCUT2D eigenvalue weighted by atomic mass is 10.2. The Labute approximate surface area is 128 Å². The second-order valence-corrected chi connectivity index (χ2v) is 4.57. The molecule has 5 nitrogen and oxygen atoms in total. The van der Waals surface area contributed by atoms with Gasteiger partial charge in [-0.05, 0) is 17.7 Å². The molecule has 0 unspecified atom stereocenters. The Balaban J connectivity index is 2.20. The van der Waals surface area contributed by atoms with E-state index < -0.39 is 11.9 Å². The van der Waals surface area contributed by atoms with Crippen LogP contribution in [0.1, 0.15) is 19.4 Å². The van der Waals surface area contributed by atoms with Crippen LogP contribution in [-0.4, -0.2) is 11.9 Å². The van der Waals surface area contributed by atoms with E-state index in [9.17, 15) is 9.59 Å². The Morgan fingerprint density at radius 3 is 2.18 bits per heavy atom. The second-order valence-electron chi connectivity index (χ2n) is 4.57. The maximum atomic E-state index is 11.1. The van der Waals surface area contributed by atoms with Gasteiger partial charge in [-0.1, -0.05) is 30.3 Å². The van der Waals surface area contributed by atoms with E-state index in [0.717, 1.165) is 5.56 Å². The first kappa shape index (κ1) is 15.6. The number of carbonyl (C=O) groups excluding carboxylic acids is 2. The summed E-state index contributed by atoms with van der Waals surface area (Å²) in [6, 6.07) is 14.1. The highest BCUT2D eigenvalue weighted by molar-refractivity contribution is 5.72. The minimum atomic E-state index is -0.454. The lowest BCUT2D eigenvalue weighted by molar-refractivity contribution is -0.133. The maximum Gasteiger partial charge on any atom is 0.308 e. The van der Waals surface area contributed by atoms with Crippen LogP contribution < -0.4 is 14.2 Å². The fourth-order valence-corrected chi connectivity index (χ4v) is 1.81. The minimum absolute atomic E-state index is 0.277. The topological polar surface area (TPSA) is 61.8 Å². The van der Waals surface area contributed by atoms with E-state index in [1.165, 1.54) is 32.0 Å². The summed E-state index contributed by atoms with van der Waals surface area (Å²) in [6.45, 7) is 2.92. The molecule has 0 bridgehead atoms. The Bertz CT molecular complexity index is 664. The summed E-state index contributed by atoms with van der Waals surface area (Å²) in [7, 11) is 0. The predicted octanol–water partition coefficient (Wildman–Crippen LogP) is 3.12. The first-order valence-corrected chi connectivity index (χ1v) is 6.72. The molecule has 114 valence electrons. The van der Waals surface area contributed by atoms with E-state index in [0.29, 0.717) is 18.1 Å². The van der Waals surface area contributed by atoms with Crippen molar-refractivity contribution in [3.8, 4) is 17.2 Å². The first-order valence-electron chi connectivity index (χ1n) is 6.72. The Hall–Kier alpha value is -2.82. The number of carbonyl (C=O) groups is 2. The summed E-state index contributed by atoms with van der Waals surface area (Å²) in [5.41, 5.74) is 0.967. The number of hydrogen-bond acceptors (Lipinski definition) is 5. The van der Waals surface area contributed by atoms with Gasteiger partial charge in [0.05, 0.1) is 0 Å². The van der Waals surface area contributed by atoms with Gasteiger partial charge in [-0.15, -0.1) is 0 Å². The van der Waals surface area contributed by atoms with Gasteiger partial charge in [0, 0.05) is 19.9 Å². The molecule has 22 heavy (non-hydrogen) atoms. The van der Waals surface area contributed by atoms with E-state index in [1.807, 2.05) is 30.3 Å². The summed E-state index contributed by atoms with van der Waals surface area (Å²) in [4.78, 5) is 22.2. The Morgan fingerprint density at radius 1 is 0.864 bits per heavy atom. The van der Waals surface area contributed by atoms with E-state index in [4.69, 9.17) is 14.2 Å². The number of rotatable bonds is 5. The molecule has 2 aromatic rings. The Kier molecular flexibility index (Phi) is 5.14. The normalized spacial score (nSPS) is 9.91. The van der Waals surface area contributed by atoms with E-state index in [-0.39, 0.29) is 5.75 Å². The average Bonchev–Trinajstić information content (AvgIpc) is 2.47. The summed E-state index contributed by atoms with van der Waals surface area (Å²) in [5, 5.41) is 0. The average molecular weight is 300 g/mol. The molecule has 0 fully saturated rings. The molecule has 0 N–H and O–H groups in total. The fourth-order valence-electron chi connectivity index (χ4n) is 1.81. The van der Waals surface area contributed by atoms with Crippen molar-refractivity contribution in [2.75, 3.05) is 0 Å². The predicted molar refractivity (Wildman–Crippen MR) is 79.8 cm³/mol. The standard InChI is InChI=1S/C17H16O5/c1-12(18)21-15-8-9-16(22-13(2)19)17(10-15)20-11-14-6-4-3-5-7-14/h3-10H,11H2,1-2H3. The lowest BCUT2D eigenvalue weighted by Crippen LogP contribution is -2.06. The third-order valence-corrected chi connectivity index (χ3v) is 2.67. The smallest absolute Gasteiger partial charge is 0.308 e. The van der Waals surface area contributed by atoms with E-state index in [2.05, 4.69) is 0 Å². The van der Waals surface area contributed by atoms with Crippen molar-refractivity contribution in [1.82, 2.24) is 0 Å². The molecule has 5 heteroatoms. The number of hydrogen-bond donors (Lipinski definition) is 0. The molecule has 0 atom stereocenters. The molecular weight excluding hydrogens is 284 g/mol. The van der Waals surface area contributed by atoms with E-state index >= 15 is 0 Å². The SMILES string of the molecule is CC(=O)Oc1ccc(OC(C)=O)c(OCc2ccccc2)c1. The highest BCUT2D eigenvalue weighted by Gasteiger charge is 2.11. The number of benzene rings is 2. The molecule has 0 aliphatic rings. The molecule has 0 aliphatic carbocycles. The zero-order valence-electron chi connectivity index (χ0n) is 12.4. The summed E-state index contributed by atoms with van der Waals surface area (Å²) < 4.78 is 15.8. The van der Waals surface area contributed by atoms with Gasteiger partial charge in [0.15, 0.2) is 11.5 Å². The van der Waals surface area contributed by atoms with Crippen LogP contribution in [0.25, 0.3) is 0 Å². The molecule has 0 aliphatic heterocycles. The van der Waals surface area contributed by atoms with Gasteiger partial charge in [0.25, 0.3) is 0 Å². The molecule has 0 radical (unpaired) electrons. The molecule has 0 saturated heterocycles. The van der Waals surface area contributed by atoms with Crippen molar-refractivity contribution < 1.29 is 23.8 Å². The summed E-state index contributed by atoms with van der Waals surface area (Å²) >= 11 is 0. The second kappa shape index (κ2) is 7.26. The van der Waals surface area contributed by atoms with Crippen LogP contribution >= 0.6 is 0 Å². The van der Waals surface area contributed by atoms with Crippen molar-refractivity contribution in [2.45, 2.75) is 20.5 Å². The van der Waals surface area contributed by atoms with E-state index in [1.54, 1.807) is 0 Å². The van der Waals surface area contributed by atoms with Crippen LogP contribution in [-0.2, 0) is 16.2 Å². The van der Waals surface area contributed by atoms with Crippen molar-refractivity contribution in [3.05, 3.63) is 54.1 Å². The third kappa shape index (κ3) is 4.63. The quantitative estimate of drug-likeness (QED) is 0.627. The monoisotopic (exact) mass is 300 g/mol. The zero-order valence-corrected chi connectivity index (χ0v) is 12.4. The third-order valence-electron chi connectivity index (χ3n) is 2.67. The Morgan fingerprint density at radius 2 is 1.55 bits per heavy atom. The van der Waals surface area contributed by atoms with Gasteiger partial charge >= 0.3 is 11.9 Å². The molecule has 0 heterocycles. The van der Waals surface area contributed by atoms with Gasteiger partial charge in [0.1, 0.15) is 12.4 Å². The van der Waals surface area contributed by atoms with Gasteiger partial charge in [-0.25, -0.2) is 0 Å². The highest BCUT2D eigenvalue weighted by Crippen LogP contribution is 2.32. The van der Waals surface area contributed by atoms with Gasteiger partial charge < -0.3 is 14.2 Å². The molecule has 0 saturated carbocycles. The van der Waals surface area contributed by atoms with Crippen LogP contribution in [0.3, 0.4) is 0 Å². The summed E-state index contributed by atoms with van der Waals surface area (Å²) in [6.07, 6.45) is 0. The van der Waals surface area contributed by atoms with Crippen molar-refractivity contribution in [2.24, 2.45) is 0 Å². The summed E-state index contributed by atoms with van der Waals surface area (Å²) in [5.74, 6) is 0.0441. The minimum Gasteiger partial charge on any atom is -0.485 e. The molecule has 2 rings (SSSR count). The molecular formula is C17H16O5. The number of esters is 2. The molecule has 2 aromatic carbocycles. The van der Waals surface area contributed by atoms with Crippen LogP contribution in [0.4, 0.5) is 0 Å². The van der Waals surface area contributed by atoms with Crippen LogP contribution in [0.15, 0.2) is 48.5 Å². The van der Waals surface area contributed by atoms with Crippen molar-refractivity contribution >= 4 is 11.9 Å². The zero-order chi connectivity index (χ0) is 15.9. The molecule has 0 aromatic heterocycles. The van der Waals surface area contributed by atoms with Crippen LogP contribution in [0, 0.1) is 0 Å². The molecule has 0 amide bonds. The highest BCUT2D eigenvalue weighted by atomic mass is 16.6. The van der Waals surface area contributed by atoms with Crippen LogP contribution in [0.5, 0.6) is 17.2 Å². The largest absolute Gasteiger partial charge is 0.485 e. The maximum absolute atomic E-state index is 11.1. The van der Waals surface area contributed by atoms with Crippen LogP contribution in [0.2, 0.25) is 0 Å².